The highest BCUT2D eigenvalue weighted by atomic mass is 16.5. The lowest BCUT2D eigenvalue weighted by Gasteiger charge is -2.15. The van der Waals surface area contributed by atoms with Gasteiger partial charge in [0.15, 0.2) is 17.0 Å². The minimum atomic E-state index is -0.755. The third kappa shape index (κ3) is 4.65. The van der Waals surface area contributed by atoms with Crippen molar-refractivity contribution in [3.63, 3.8) is 0 Å². The molecule has 0 N–H and O–H groups in total. The molecule has 0 spiro atoms. The zero-order valence-corrected chi connectivity index (χ0v) is 21.4. The molecule has 5 aromatic rings. The first-order valence-electron chi connectivity index (χ1n) is 12.0. The monoisotopic (exact) mass is 528 g/mol. The van der Waals surface area contributed by atoms with Crippen LogP contribution in [0.25, 0.3) is 16.7 Å². The first-order valence-corrected chi connectivity index (χ1v) is 12.0. The first kappa shape index (κ1) is 25.5. The van der Waals surface area contributed by atoms with Crippen molar-refractivity contribution < 1.29 is 28.2 Å². The van der Waals surface area contributed by atoms with Gasteiger partial charge in [0.05, 0.1) is 44.6 Å². The van der Waals surface area contributed by atoms with Crippen LogP contribution < -0.4 is 20.5 Å². The molecule has 0 atom stereocenters. The predicted octanol–water partition coefficient (Wildman–Crippen LogP) is 3.23. The number of para-hydroxylation sites is 1. The summed E-state index contributed by atoms with van der Waals surface area (Å²) < 4.78 is 24.4. The number of fused-ring (bicyclic) bond motifs is 2. The van der Waals surface area contributed by atoms with E-state index in [-0.39, 0.29) is 46.5 Å². The Labute approximate surface area is 221 Å². The highest BCUT2D eigenvalue weighted by molar-refractivity contribution is 5.99. The number of carbonyl (C=O) groups excluding carboxylic acids is 2. The van der Waals surface area contributed by atoms with Gasteiger partial charge in [-0.15, -0.1) is 0 Å². The Balaban J connectivity index is 1.89. The third-order valence-electron chi connectivity index (χ3n) is 6.02. The second kappa shape index (κ2) is 10.7. The molecule has 0 fully saturated rings. The lowest BCUT2D eigenvalue weighted by atomic mass is 10.1. The molecule has 0 saturated heterocycles. The Morgan fingerprint density at radius 2 is 1.87 bits per heavy atom. The van der Waals surface area contributed by atoms with E-state index in [1.54, 1.807) is 55.6 Å². The van der Waals surface area contributed by atoms with Gasteiger partial charge in [-0.2, -0.15) is 4.99 Å². The quantitative estimate of drug-likeness (QED) is 0.233. The van der Waals surface area contributed by atoms with E-state index in [0.717, 1.165) is 0 Å². The smallest absolute Gasteiger partial charge is 0.341 e. The summed E-state index contributed by atoms with van der Waals surface area (Å²) in [7, 11) is 2.87. The maximum Gasteiger partial charge on any atom is 0.341 e. The number of aromatic nitrogens is 3. The third-order valence-corrected chi connectivity index (χ3v) is 6.02. The van der Waals surface area contributed by atoms with Gasteiger partial charge in [-0.25, -0.2) is 9.78 Å². The number of amides is 1. The lowest BCUT2D eigenvalue weighted by Crippen LogP contribution is -2.33. The number of hydrogen-bond donors (Lipinski definition) is 0. The number of carbonyl (C=O) groups is 2. The molecule has 5 rings (SSSR count). The molecule has 0 aliphatic carbocycles. The SMILES string of the molecule is CCOC(=O)c1cc2c(=O)n3ccccc3nc2n(Cc2ccco2)c1=NC(=O)c1cccc(OC)c1OC. The summed E-state index contributed by atoms with van der Waals surface area (Å²) in [4.78, 5) is 49.3. The van der Waals surface area contributed by atoms with E-state index in [1.807, 2.05) is 0 Å². The van der Waals surface area contributed by atoms with Crippen LogP contribution in [0.4, 0.5) is 0 Å². The van der Waals surface area contributed by atoms with Crippen LogP contribution in [0.1, 0.15) is 33.4 Å². The van der Waals surface area contributed by atoms with E-state index in [0.29, 0.717) is 17.2 Å². The maximum atomic E-state index is 13.6. The van der Waals surface area contributed by atoms with E-state index >= 15 is 0 Å². The van der Waals surface area contributed by atoms with E-state index in [1.165, 1.54) is 41.6 Å². The molecule has 39 heavy (non-hydrogen) atoms. The van der Waals surface area contributed by atoms with Crippen LogP contribution in [-0.4, -0.2) is 46.7 Å². The molecular weight excluding hydrogens is 504 g/mol. The summed E-state index contributed by atoms with van der Waals surface area (Å²) in [6.07, 6.45) is 3.08. The molecule has 0 aliphatic rings. The molecule has 0 bridgehead atoms. The zero-order chi connectivity index (χ0) is 27.5. The normalized spacial score (nSPS) is 11.6. The van der Waals surface area contributed by atoms with Crippen molar-refractivity contribution in [3.8, 4) is 11.5 Å². The number of nitrogens with zero attached hydrogens (tertiary/aromatic N) is 4. The Morgan fingerprint density at radius 3 is 2.59 bits per heavy atom. The van der Waals surface area contributed by atoms with E-state index in [4.69, 9.17) is 18.6 Å². The molecule has 4 aromatic heterocycles. The lowest BCUT2D eigenvalue weighted by molar-refractivity contribution is 0.0523. The van der Waals surface area contributed by atoms with E-state index in [2.05, 4.69) is 9.98 Å². The van der Waals surface area contributed by atoms with Crippen molar-refractivity contribution >= 4 is 28.6 Å². The fourth-order valence-corrected chi connectivity index (χ4v) is 4.28. The van der Waals surface area contributed by atoms with Gasteiger partial charge in [0.2, 0.25) is 0 Å². The molecule has 0 unspecified atom stereocenters. The van der Waals surface area contributed by atoms with Crippen molar-refractivity contribution in [3.05, 3.63) is 99.8 Å². The summed E-state index contributed by atoms with van der Waals surface area (Å²) in [6.45, 7) is 1.75. The predicted molar refractivity (Wildman–Crippen MR) is 140 cm³/mol. The zero-order valence-electron chi connectivity index (χ0n) is 21.4. The summed E-state index contributed by atoms with van der Waals surface area (Å²) >= 11 is 0. The van der Waals surface area contributed by atoms with Gasteiger partial charge in [-0.3, -0.25) is 14.0 Å². The molecule has 11 heteroatoms. The summed E-state index contributed by atoms with van der Waals surface area (Å²) in [6, 6.07) is 14.7. The molecule has 0 saturated carbocycles. The molecule has 1 aromatic carbocycles. The molecule has 0 aliphatic heterocycles. The number of methoxy groups -OCH3 is 2. The van der Waals surface area contributed by atoms with Crippen LogP contribution in [0.15, 0.2) is 81.3 Å². The van der Waals surface area contributed by atoms with Crippen LogP contribution in [-0.2, 0) is 11.3 Å². The van der Waals surface area contributed by atoms with Crippen LogP contribution >= 0.6 is 0 Å². The molecule has 1 amide bonds. The molecular formula is C28H24N4O7. The van der Waals surface area contributed by atoms with Crippen LogP contribution in [0, 0.1) is 0 Å². The first-order chi connectivity index (χ1) is 19.0. The summed E-state index contributed by atoms with van der Waals surface area (Å²) in [5, 5.41) is 0.138. The van der Waals surface area contributed by atoms with Crippen LogP contribution in [0.5, 0.6) is 11.5 Å². The van der Waals surface area contributed by atoms with Gasteiger partial charge in [-0.1, -0.05) is 12.1 Å². The molecule has 11 nitrogen and oxygen atoms in total. The number of benzene rings is 1. The highest BCUT2D eigenvalue weighted by Crippen LogP contribution is 2.31. The molecule has 4 heterocycles. The molecule has 198 valence electrons. The van der Waals surface area contributed by atoms with Gasteiger partial charge >= 0.3 is 5.97 Å². The molecule has 0 radical (unpaired) electrons. The highest BCUT2D eigenvalue weighted by Gasteiger charge is 2.22. The Morgan fingerprint density at radius 1 is 1.03 bits per heavy atom. The fraction of sp³-hybridized carbons (Fsp3) is 0.179. The van der Waals surface area contributed by atoms with Crippen molar-refractivity contribution in [1.29, 1.82) is 0 Å². The maximum absolute atomic E-state index is 13.6. The van der Waals surface area contributed by atoms with Gasteiger partial charge in [0.25, 0.3) is 11.5 Å². The van der Waals surface area contributed by atoms with Crippen LogP contribution in [0.2, 0.25) is 0 Å². The Bertz CT molecular complexity index is 1840. The average Bonchev–Trinajstić information content (AvgIpc) is 3.47. The number of pyridine rings is 2. The van der Waals surface area contributed by atoms with Gasteiger partial charge in [0, 0.05) is 6.20 Å². The number of rotatable bonds is 7. The van der Waals surface area contributed by atoms with E-state index in [9.17, 15) is 14.4 Å². The van der Waals surface area contributed by atoms with Gasteiger partial charge < -0.3 is 23.2 Å². The topological polar surface area (TPSA) is 127 Å². The largest absolute Gasteiger partial charge is 0.493 e. The summed E-state index contributed by atoms with van der Waals surface area (Å²) in [5.41, 5.74) is 0.156. The Hall–Kier alpha value is -5.19. The summed E-state index contributed by atoms with van der Waals surface area (Å²) in [5.74, 6) is -0.449. The van der Waals surface area contributed by atoms with Crippen molar-refractivity contribution in [2.75, 3.05) is 20.8 Å². The second-order valence-electron chi connectivity index (χ2n) is 8.31. The van der Waals surface area contributed by atoms with E-state index < -0.39 is 17.4 Å². The van der Waals surface area contributed by atoms with Crippen molar-refractivity contribution in [2.24, 2.45) is 4.99 Å². The number of esters is 1. The van der Waals surface area contributed by atoms with Gasteiger partial charge in [-0.05, 0) is 49.4 Å². The number of hydrogen-bond acceptors (Lipinski definition) is 8. The van der Waals surface area contributed by atoms with Crippen LogP contribution in [0.3, 0.4) is 0 Å². The number of ether oxygens (including phenoxy) is 3. The minimum Gasteiger partial charge on any atom is -0.493 e. The fourth-order valence-electron chi connectivity index (χ4n) is 4.28. The Kier molecular flexibility index (Phi) is 6.96. The minimum absolute atomic E-state index is 0.0214. The average molecular weight is 529 g/mol. The second-order valence-corrected chi connectivity index (χ2v) is 8.31. The van der Waals surface area contributed by atoms with Crippen molar-refractivity contribution in [1.82, 2.24) is 14.0 Å². The standard InChI is InChI=1S/C28H24N4O7/c1-4-38-28(35)20-15-19-24(29-22-12-5-6-13-31(22)27(19)34)32(16-17-9-8-14-39-17)25(20)30-26(33)18-10-7-11-21(36-2)23(18)37-3/h5-15H,4,16H2,1-3H3. The van der Waals surface area contributed by atoms with Gasteiger partial charge in [0.1, 0.15) is 22.6 Å². The number of furan rings is 1. The van der Waals surface area contributed by atoms with Crippen molar-refractivity contribution in [2.45, 2.75) is 13.5 Å².